The van der Waals surface area contributed by atoms with E-state index in [0.29, 0.717) is 92.5 Å². The third kappa shape index (κ3) is 27.1. The zero-order valence-electron chi connectivity index (χ0n) is 26.2. The van der Waals surface area contributed by atoms with E-state index in [9.17, 15) is 4.79 Å². The van der Waals surface area contributed by atoms with E-state index < -0.39 is 0 Å². The van der Waals surface area contributed by atoms with Crippen molar-refractivity contribution in [3.63, 3.8) is 0 Å². The second-order valence-corrected chi connectivity index (χ2v) is 9.82. The maximum atomic E-state index is 11.0. The van der Waals surface area contributed by atoms with Gasteiger partial charge in [-0.15, -0.1) is 0 Å². The Morgan fingerprint density at radius 3 is 1.26 bits per heavy atom. The van der Waals surface area contributed by atoms with Gasteiger partial charge >= 0.3 is 0 Å². The zero-order valence-corrected chi connectivity index (χ0v) is 26.2. The molecule has 1 rings (SSSR count). The highest BCUT2D eigenvalue weighted by Gasteiger charge is 1.99. The van der Waals surface area contributed by atoms with Gasteiger partial charge in [0.25, 0.3) is 0 Å². The van der Waals surface area contributed by atoms with E-state index in [1.807, 2.05) is 0 Å². The molecule has 0 aliphatic heterocycles. The predicted molar refractivity (Wildman–Crippen MR) is 165 cm³/mol. The molecule has 244 valence electrons. The Balaban J connectivity index is 1.68. The van der Waals surface area contributed by atoms with Gasteiger partial charge in [-0.2, -0.15) is 0 Å². The Morgan fingerprint density at radius 2 is 0.857 bits per heavy atom. The van der Waals surface area contributed by atoms with Gasteiger partial charge < -0.3 is 43.2 Å². The first-order chi connectivity index (χ1) is 20.7. The smallest absolute Gasteiger partial charge is 0.221 e. The first-order valence-corrected chi connectivity index (χ1v) is 15.8. The number of hydrogen-bond donors (Lipinski definition) is 1. The number of ether oxygens (including phenoxy) is 8. The number of benzene rings is 1. The zero-order chi connectivity index (χ0) is 30.2. The number of hydrogen-bond acceptors (Lipinski definition) is 9. The second-order valence-electron chi connectivity index (χ2n) is 9.82. The van der Waals surface area contributed by atoms with Gasteiger partial charge in [0, 0.05) is 19.2 Å². The molecule has 0 aliphatic rings. The lowest BCUT2D eigenvalue weighted by Crippen LogP contribution is -2.15. The monoisotopic (exact) mass is 599 g/mol. The summed E-state index contributed by atoms with van der Waals surface area (Å²) in [7, 11) is 0. The molecular formula is C32H57NO9. The van der Waals surface area contributed by atoms with Crippen LogP contribution in [0, 0.1) is 0 Å². The lowest BCUT2D eigenvalue weighted by Gasteiger charge is -2.09. The Bertz CT molecular complexity index is 706. The SMILES string of the molecule is CCCCCCCCCCOCCOCCOCCOCCOCCOCCOCCOc1ccc(NC(C)=O)cc1. The first-order valence-electron chi connectivity index (χ1n) is 15.8. The largest absolute Gasteiger partial charge is 0.491 e. The molecule has 42 heavy (non-hydrogen) atoms. The quantitative estimate of drug-likeness (QED) is 0.111. The highest BCUT2D eigenvalue weighted by atomic mass is 16.6. The fraction of sp³-hybridized carbons (Fsp3) is 0.781. The molecular weight excluding hydrogens is 542 g/mol. The molecule has 0 aliphatic carbocycles. The molecule has 10 nitrogen and oxygen atoms in total. The van der Waals surface area contributed by atoms with Crippen molar-refractivity contribution >= 4 is 11.6 Å². The molecule has 0 spiro atoms. The van der Waals surface area contributed by atoms with Crippen LogP contribution in [0.2, 0.25) is 0 Å². The number of carbonyl (C=O) groups is 1. The number of unbranched alkanes of at least 4 members (excludes halogenated alkanes) is 7. The van der Waals surface area contributed by atoms with Crippen molar-refractivity contribution in [1.29, 1.82) is 0 Å². The summed E-state index contributed by atoms with van der Waals surface area (Å²) in [6.45, 7) is 12.0. The Hall–Kier alpha value is -1.79. The molecule has 0 bridgehead atoms. The first kappa shape index (κ1) is 38.2. The predicted octanol–water partition coefficient (Wildman–Crippen LogP) is 5.28. The fourth-order valence-corrected chi connectivity index (χ4v) is 3.82. The highest BCUT2D eigenvalue weighted by Crippen LogP contribution is 2.15. The van der Waals surface area contributed by atoms with Gasteiger partial charge in [0.2, 0.25) is 5.91 Å². The van der Waals surface area contributed by atoms with E-state index in [-0.39, 0.29) is 5.91 Å². The van der Waals surface area contributed by atoms with E-state index >= 15 is 0 Å². The van der Waals surface area contributed by atoms with Crippen LogP contribution < -0.4 is 10.1 Å². The fourth-order valence-electron chi connectivity index (χ4n) is 3.82. The van der Waals surface area contributed by atoms with Crippen LogP contribution in [-0.2, 0) is 38.0 Å². The molecule has 0 radical (unpaired) electrons. The molecule has 0 saturated carbocycles. The number of amides is 1. The number of anilines is 1. The molecule has 0 heterocycles. The standard InChI is InChI=1S/C32H57NO9/c1-3-4-5-6-7-8-9-10-15-35-16-17-36-18-19-37-20-21-38-22-23-39-24-25-40-26-27-41-28-29-42-32-13-11-31(12-14-32)33-30(2)34/h11-14H,3-10,15-29H2,1-2H3,(H,33,34). The van der Waals surface area contributed by atoms with E-state index in [1.54, 1.807) is 24.3 Å². The van der Waals surface area contributed by atoms with Crippen LogP contribution in [0.4, 0.5) is 5.69 Å². The molecule has 0 fully saturated rings. The summed E-state index contributed by atoms with van der Waals surface area (Å²) in [4.78, 5) is 11.0. The molecule has 0 unspecified atom stereocenters. The van der Waals surface area contributed by atoms with Gasteiger partial charge in [-0.25, -0.2) is 0 Å². The van der Waals surface area contributed by atoms with Gasteiger partial charge in [0.15, 0.2) is 0 Å². The molecule has 10 heteroatoms. The summed E-state index contributed by atoms with van der Waals surface area (Å²) in [5.74, 6) is 0.624. The van der Waals surface area contributed by atoms with Gasteiger partial charge in [0.1, 0.15) is 12.4 Å². The molecule has 1 aromatic rings. The van der Waals surface area contributed by atoms with E-state index in [2.05, 4.69) is 12.2 Å². The van der Waals surface area contributed by atoms with Crippen LogP contribution in [-0.4, -0.2) is 105 Å². The van der Waals surface area contributed by atoms with Gasteiger partial charge in [-0.05, 0) is 30.7 Å². The van der Waals surface area contributed by atoms with Crippen molar-refractivity contribution in [3.8, 4) is 5.75 Å². The van der Waals surface area contributed by atoms with Gasteiger partial charge in [-0.3, -0.25) is 4.79 Å². The van der Waals surface area contributed by atoms with E-state index in [0.717, 1.165) is 24.5 Å². The van der Waals surface area contributed by atoms with E-state index in [1.165, 1.54) is 51.9 Å². The Labute approximate surface area is 254 Å². The summed E-state index contributed by atoms with van der Waals surface area (Å²) in [6.07, 6.45) is 10.5. The molecule has 1 amide bonds. The van der Waals surface area contributed by atoms with Crippen molar-refractivity contribution in [1.82, 2.24) is 0 Å². The van der Waals surface area contributed by atoms with Crippen molar-refractivity contribution < 1.29 is 42.7 Å². The van der Waals surface area contributed by atoms with Gasteiger partial charge in [-0.1, -0.05) is 51.9 Å². The second kappa shape index (κ2) is 30.7. The summed E-state index contributed by atoms with van der Waals surface area (Å²) in [5.41, 5.74) is 0.739. The number of rotatable bonds is 32. The third-order valence-corrected chi connectivity index (χ3v) is 6.05. The Morgan fingerprint density at radius 1 is 0.500 bits per heavy atom. The summed E-state index contributed by atoms with van der Waals surface area (Å²) < 4.78 is 44.2. The Kier molecular flexibility index (Phi) is 27.9. The van der Waals surface area contributed by atoms with Crippen molar-refractivity contribution in [3.05, 3.63) is 24.3 Å². The van der Waals surface area contributed by atoms with Crippen LogP contribution in [0.5, 0.6) is 5.75 Å². The summed E-state index contributed by atoms with van der Waals surface area (Å²) in [5, 5.41) is 2.71. The molecule has 1 aromatic carbocycles. The lowest BCUT2D eigenvalue weighted by molar-refractivity contribution is -0.114. The minimum absolute atomic E-state index is 0.102. The summed E-state index contributed by atoms with van der Waals surface area (Å²) in [6, 6.07) is 7.20. The third-order valence-electron chi connectivity index (χ3n) is 6.05. The average Bonchev–Trinajstić information content (AvgIpc) is 2.98. The average molecular weight is 600 g/mol. The van der Waals surface area contributed by atoms with Crippen molar-refractivity contribution in [2.75, 3.05) is 104 Å². The molecule has 0 atom stereocenters. The van der Waals surface area contributed by atoms with Crippen LogP contribution in [0.1, 0.15) is 65.2 Å². The highest BCUT2D eigenvalue weighted by molar-refractivity contribution is 5.88. The van der Waals surface area contributed by atoms with Gasteiger partial charge in [0.05, 0.1) is 85.9 Å². The van der Waals surface area contributed by atoms with Crippen LogP contribution in [0.15, 0.2) is 24.3 Å². The van der Waals surface area contributed by atoms with Crippen LogP contribution >= 0.6 is 0 Å². The van der Waals surface area contributed by atoms with Crippen LogP contribution in [0.3, 0.4) is 0 Å². The molecule has 0 saturated heterocycles. The molecule has 1 N–H and O–H groups in total. The van der Waals surface area contributed by atoms with Crippen molar-refractivity contribution in [2.24, 2.45) is 0 Å². The van der Waals surface area contributed by atoms with Crippen molar-refractivity contribution in [2.45, 2.75) is 65.2 Å². The normalized spacial score (nSPS) is 11.2. The topological polar surface area (TPSA) is 103 Å². The maximum Gasteiger partial charge on any atom is 0.221 e. The molecule has 0 aromatic heterocycles. The minimum atomic E-state index is -0.102. The van der Waals surface area contributed by atoms with E-state index in [4.69, 9.17) is 37.9 Å². The van der Waals surface area contributed by atoms with Crippen LogP contribution in [0.25, 0.3) is 0 Å². The maximum absolute atomic E-state index is 11.0. The minimum Gasteiger partial charge on any atom is -0.491 e. The number of carbonyl (C=O) groups excluding carboxylic acids is 1. The number of nitrogens with one attached hydrogen (secondary N) is 1. The lowest BCUT2D eigenvalue weighted by atomic mass is 10.1. The summed E-state index contributed by atoms with van der Waals surface area (Å²) >= 11 is 0.